The molecule has 0 aliphatic heterocycles. The Hall–Kier alpha value is -7.10. The van der Waals surface area contributed by atoms with E-state index in [2.05, 4.69) is 199 Å². The first kappa shape index (κ1) is 37.8. The van der Waals surface area contributed by atoms with E-state index in [1.165, 1.54) is 55.7 Å². The first-order chi connectivity index (χ1) is 28.6. The highest BCUT2D eigenvalue weighted by Crippen LogP contribution is 2.35. The first-order valence-electron chi connectivity index (χ1n) is 20.0. The van der Waals surface area contributed by atoms with Gasteiger partial charge in [-0.15, -0.1) is 0 Å². The summed E-state index contributed by atoms with van der Waals surface area (Å²) < 4.78 is 7.88. The van der Waals surface area contributed by atoms with E-state index in [0.29, 0.717) is 0 Å². The summed E-state index contributed by atoms with van der Waals surface area (Å²) in [7, 11) is 1.70. The Kier molecular flexibility index (Phi) is 11.6. The molecule has 0 spiro atoms. The minimum atomic E-state index is 0.756. The van der Waals surface area contributed by atoms with E-state index in [1.54, 1.807) is 7.11 Å². The molecule has 3 heteroatoms. The summed E-state index contributed by atoms with van der Waals surface area (Å²) in [6.07, 6.45) is 19.8. The molecule has 0 fully saturated rings. The Morgan fingerprint density at radius 3 is 2.12 bits per heavy atom. The van der Waals surface area contributed by atoms with Gasteiger partial charge < -0.3 is 14.2 Å². The zero-order chi connectivity index (χ0) is 39.7. The van der Waals surface area contributed by atoms with Crippen molar-refractivity contribution >= 4 is 33.8 Å². The van der Waals surface area contributed by atoms with Gasteiger partial charge in [-0.25, -0.2) is 0 Å². The fourth-order valence-electron chi connectivity index (χ4n) is 7.97. The summed E-state index contributed by atoms with van der Waals surface area (Å²) in [6.45, 7) is 8.84. The molecule has 0 N–H and O–H groups in total. The molecule has 1 aliphatic carbocycles. The van der Waals surface area contributed by atoms with Crippen LogP contribution >= 0.6 is 0 Å². The molecule has 0 amide bonds. The zero-order valence-corrected chi connectivity index (χ0v) is 33.1. The summed E-state index contributed by atoms with van der Waals surface area (Å²) in [5, 5.41) is 1.32. The van der Waals surface area contributed by atoms with Crippen LogP contribution in [0.5, 0.6) is 5.75 Å². The van der Waals surface area contributed by atoms with Crippen LogP contribution in [0.15, 0.2) is 207 Å². The second kappa shape index (κ2) is 17.8. The number of allylic oxidation sites excluding steroid dienone is 7. The van der Waals surface area contributed by atoms with Gasteiger partial charge in [0.1, 0.15) is 5.75 Å². The Bertz CT molecular complexity index is 2650. The van der Waals surface area contributed by atoms with Crippen LogP contribution in [-0.2, 0) is 6.42 Å². The van der Waals surface area contributed by atoms with Crippen molar-refractivity contribution in [3.05, 3.63) is 230 Å². The molecule has 0 unspecified atom stereocenters. The highest BCUT2D eigenvalue weighted by Gasteiger charge is 2.18. The number of nitrogens with zero attached hydrogens (tertiary/aromatic N) is 2. The fraction of sp³-hybridized carbons (Fsp3) is 0.0909. The van der Waals surface area contributed by atoms with Gasteiger partial charge in [-0.05, 0) is 118 Å². The summed E-state index contributed by atoms with van der Waals surface area (Å²) in [5.41, 5.74) is 15.6. The topological polar surface area (TPSA) is 17.4 Å². The van der Waals surface area contributed by atoms with Crippen LogP contribution in [-0.4, -0.2) is 18.2 Å². The Morgan fingerprint density at radius 2 is 1.38 bits per heavy atom. The predicted octanol–water partition coefficient (Wildman–Crippen LogP) is 14.2. The number of hydrogen-bond donors (Lipinski definition) is 0. The number of rotatable bonds is 14. The molecular formula is C55H48N2O. The Balaban J connectivity index is 1.09. The smallest absolute Gasteiger partial charge is 0.118 e. The molecule has 0 saturated heterocycles. The van der Waals surface area contributed by atoms with Gasteiger partial charge in [-0.1, -0.05) is 153 Å². The monoisotopic (exact) mass is 752 g/mol. The molecule has 0 bridgehead atoms. The molecule has 0 radical (unpaired) electrons. The number of fused-ring (bicyclic) bond motifs is 3. The minimum absolute atomic E-state index is 0.756. The standard InChI is InChI=1S/C55H48N2O/c1-4-14-41(46-28-34-51(58-3)35-29-46)36-38-56(39-37-42(15-5-2)47-18-13-19-48(40-47)43-16-7-6-8-17-43)49-30-24-44(25-31-49)45-26-32-50(33-27-45)57-54-22-11-9-20-52(54)53-21-10-12-23-55(53)57/h4-11,13-22,24-35,37,39-40H,1-2,12,23,36,38H2,3H3/b39-37-,41-14+,42-15+. The molecule has 3 nitrogen and oxygen atoms in total. The third-order valence-corrected chi connectivity index (χ3v) is 10.9. The molecule has 284 valence electrons. The minimum Gasteiger partial charge on any atom is -0.497 e. The van der Waals surface area contributed by atoms with Crippen molar-refractivity contribution in [3.8, 4) is 33.7 Å². The number of anilines is 1. The SMILES string of the molecule is C=C/C=C(\C=C/N(CC/C(=C\C=C)c1ccc(OC)cc1)c1ccc(-c2ccc(-n3c4c(c5ccccc53)C=CCC4)cc2)cc1)c1cccc(-c2ccccc2)c1. The van der Waals surface area contributed by atoms with E-state index in [1.807, 2.05) is 24.3 Å². The van der Waals surface area contributed by atoms with E-state index < -0.39 is 0 Å². The lowest BCUT2D eigenvalue weighted by atomic mass is 9.98. The molecular weight excluding hydrogens is 705 g/mol. The maximum Gasteiger partial charge on any atom is 0.118 e. The van der Waals surface area contributed by atoms with Crippen LogP contribution in [0.3, 0.4) is 0 Å². The average molecular weight is 753 g/mol. The molecule has 0 atom stereocenters. The zero-order valence-electron chi connectivity index (χ0n) is 33.1. The van der Waals surface area contributed by atoms with Gasteiger partial charge >= 0.3 is 0 Å². The number of methoxy groups -OCH3 is 1. The van der Waals surface area contributed by atoms with Crippen LogP contribution in [0, 0.1) is 0 Å². The average Bonchev–Trinajstić information content (AvgIpc) is 3.63. The highest BCUT2D eigenvalue weighted by molar-refractivity contribution is 5.93. The van der Waals surface area contributed by atoms with Crippen LogP contribution in [0.2, 0.25) is 0 Å². The lowest BCUT2D eigenvalue weighted by molar-refractivity contribution is 0.415. The first-order valence-corrected chi connectivity index (χ1v) is 20.0. The van der Waals surface area contributed by atoms with E-state index in [9.17, 15) is 0 Å². The number of aromatic nitrogens is 1. The molecule has 0 saturated carbocycles. The summed E-state index contributed by atoms with van der Waals surface area (Å²) >= 11 is 0. The molecule has 1 heterocycles. The molecule has 58 heavy (non-hydrogen) atoms. The van der Waals surface area contributed by atoms with Gasteiger partial charge in [0.05, 0.1) is 12.6 Å². The van der Waals surface area contributed by atoms with Crippen molar-refractivity contribution in [2.45, 2.75) is 19.3 Å². The third-order valence-electron chi connectivity index (χ3n) is 10.9. The highest BCUT2D eigenvalue weighted by atomic mass is 16.5. The number of para-hydroxylation sites is 1. The van der Waals surface area contributed by atoms with Crippen LogP contribution in [0.25, 0.3) is 56.1 Å². The third kappa shape index (κ3) is 8.21. The van der Waals surface area contributed by atoms with Crippen molar-refractivity contribution in [1.29, 1.82) is 0 Å². The van der Waals surface area contributed by atoms with E-state index in [0.717, 1.165) is 53.9 Å². The van der Waals surface area contributed by atoms with E-state index >= 15 is 0 Å². The normalized spacial score (nSPS) is 12.8. The molecule has 8 rings (SSSR count). The maximum absolute atomic E-state index is 5.44. The quantitative estimate of drug-likeness (QED) is 0.103. The summed E-state index contributed by atoms with van der Waals surface area (Å²) in [5.74, 6) is 0.841. The second-order valence-electron chi connectivity index (χ2n) is 14.5. The number of benzene rings is 6. The lowest BCUT2D eigenvalue weighted by Crippen LogP contribution is -2.18. The molecule has 1 aliphatic rings. The van der Waals surface area contributed by atoms with Gasteiger partial charge in [0, 0.05) is 40.8 Å². The van der Waals surface area contributed by atoms with Gasteiger partial charge in [-0.2, -0.15) is 0 Å². The lowest BCUT2D eigenvalue weighted by Gasteiger charge is -2.22. The number of ether oxygens (including phenoxy) is 1. The van der Waals surface area contributed by atoms with E-state index in [4.69, 9.17) is 4.74 Å². The second-order valence-corrected chi connectivity index (χ2v) is 14.5. The Morgan fingerprint density at radius 1 is 0.690 bits per heavy atom. The molecule has 6 aromatic carbocycles. The van der Waals surface area contributed by atoms with Gasteiger partial charge in [-0.3, -0.25) is 0 Å². The summed E-state index contributed by atoms with van der Waals surface area (Å²) in [4.78, 5) is 2.33. The molecule has 1 aromatic heterocycles. The van der Waals surface area contributed by atoms with Gasteiger partial charge in [0.15, 0.2) is 0 Å². The Labute approximate surface area is 343 Å². The van der Waals surface area contributed by atoms with Crippen molar-refractivity contribution in [2.75, 3.05) is 18.6 Å². The largest absolute Gasteiger partial charge is 0.497 e. The molecule has 7 aromatic rings. The van der Waals surface area contributed by atoms with Crippen molar-refractivity contribution in [2.24, 2.45) is 0 Å². The van der Waals surface area contributed by atoms with Crippen molar-refractivity contribution < 1.29 is 4.74 Å². The maximum atomic E-state index is 5.44. The van der Waals surface area contributed by atoms with Gasteiger partial charge in [0.2, 0.25) is 0 Å². The van der Waals surface area contributed by atoms with Crippen LogP contribution < -0.4 is 9.64 Å². The van der Waals surface area contributed by atoms with E-state index in [-0.39, 0.29) is 0 Å². The number of hydrogen-bond acceptors (Lipinski definition) is 2. The van der Waals surface area contributed by atoms with Crippen LogP contribution in [0.4, 0.5) is 5.69 Å². The predicted molar refractivity (Wildman–Crippen MR) is 248 cm³/mol. The fourth-order valence-corrected chi connectivity index (χ4v) is 7.97. The summed E-state index contributed by atoms with van der Waals surface area (Å²) in [6, 6.07) is 54.2. The van der Waals surface area contributed by atoms with Crippen LogP contribution in [0.1, 0.15) is 35.2 Å². The van der Waals surface area contributed by atoms with Crippen molar-refractivity contribution in [1.82, 2.24) is 4.57 Å². The van der Waals surface area contributed by atoms with Crippen molar-refractivity contribution in [3.63, 3.8) is 0 Å². The van der Waals surface area contributed by atoms with Gasteiger partial charge in [0.25, 0.3) is 0 Å².